The Labute approximate surface area is 142 Å². The molecule has 1 N–H and O–H groups in total. The maximum absolute atomic E-state index is 12.1. The van der Waals surface area contributed by atoms with E-state index < -0.39 is 22.9 Å². The van der Waals surface area contributed by atoms with Crippen molar-refractivity contribution in [1.29, 1.82) is 5.26 Å². The van der Waals surface area contributed by atoms with Crippen molar-refractivity contribution < 1.29 is 19.2 Å². The van der Waals surface area contributed by atoms with Crippen molar-refractivity contribution >= 4 is 23.3 Å². The summed E-state index contributed by atoms with van der Waals surface area (Å²) in [5.41, 5.74) is 0.729. The molecule has 0 saturated carbocycles. The van der Waals surface area contributed by atoms with Crippen LogP contribution in [0, 0.1) is 21.4 Å². The molecule has 2 aromatic carbocycles. The summed E-state index contributed by atoms with van der Waals surface area (Å²) in [5.74, 6) is -1.34. The summed E-state index contributed by atoms with van der Waals surface area (Å²) < 4.78 is 5.04. The topological polar surface area (TPSA) is 122 Å². The molecule has 2 rings (SSSR count). The van der Waals surface area contributed by atoms with Gasteiger partial charge in [-0.1, -0.05) is 6.07 Å². The summed E-state index contributed by atoms with van der Waals surface area (Å²) in [5, 5.41) is 22.0. The summed E-state index contributed by atoms with van der Waals surface area (Å²) in [4.78, 5) is 34.0. The van der Waals surface area contributed by atoms with Gasteiger partial charge in [0.05, 0.1) is 22.1 Å². The number of carbonyl (C=O) groups is 2. The van der Waals surface area contributed by atoms with E-state index in [2.05, 4.69) is 5.32 Å². The number of benzene rings is 2. The predicted octanol–water partition coefficient (Wildman–Crippen LogP) is 2.65. The van der Waals surface area contributed by atoms with Gasteiger partial charge in [0.25, 0.3) is 11.6 Å². The lowest BCUT2D eigenvalue weighted by Crippen LogP contribution is -2.30. The summed E-state index contributed by atoms with van der Waals surface area (Å²) >= 11 is 0. The van der Waals surface area contributed by atoms with E-state index in [9.17, 15) is 19.7 Å². The van der Waals surface area contributed by atoms with Gasteiger partial charge in [-0.25, -0.2) is 4.79 Å². The molecule has 1 amide bonds. The molecular weight excluding hydrogens is 326 g/mol. The molecule has 25 heavy (non-hydrogen) atoms. The van der Waals surface area contributed by atoms with Gasteiger partial charge in [-0.05, 0) is 37.3 Å². The average Bonchev–Trinajstić information content (AvgIpc) is 2.61. The summed E-state index contributed by atoms with van der Waals surface area (Å²) in [7, 11) is 0. The molecule has 8 nitrogen and oxygen atoms in total. The van der Waals surface area contributed by atoms with Crippen LogP contribution >= 0.6 is 0 Å². The quantitative estimate of drug-likeness (QED) is 0.507. The number of ether oxygens (including phenoxy) is 1. The molecule has 2 aromatic rings. The molecule has 0 spiro atoms. The van der Waals surface area contributed by atoms with E-state index in [-0.39, 0.29) is 11.3 Å². The summed E-state index contributed by atoms with van der Waals surface area (Å²) in [6.45, 7) is 1.40. The number of non-ortho nitro benzene ring substituents is 1. The number of hydrogen-bond donors (Lipinski definition) is 1. The third kappa shape index (κ3) is 4.62. The van der Waals surface area contributed by atoms with Gasteiger partial charge in [-0.3, -0.25) is 14.9 Å². The Kier molecular flexibility index (Phi) is 5.43. The van der Waals surface area contributed by atoms with Crippen LogP contribution in [-0.4, -0.2) is 22.9 Å². The number of nitriles is 1. The van der Waals surface area contributed by atoms with Gasteiger partial charge in [0.15, 0.2) is 6.10 Å². The molecule has 0 aromatic heterocycles. The Hall–Kier alpha value is -3.73. The van der Waals surface area contributed by atoms with E-state index in [0.717, 1.165) is 0 Å². The predicted molar refractivity (Wildman–Crippen MR) is 87.8 cm³/mol. The fraction of sp³-hybridized carbons (Fsp3) is 0.118. The largest absolute Gasteiger partial charge is 0.449 e. The molecule has 8 heteroatoms. The van der Waals surface area contributed by atoms with Gasteiger partial charge in [0, 0.05) is 17.8 Å². The molecule has 0 aliphatic heterocycles. The number of hydrogen-bond acceptors (Lipinski definition) is 6. The fourth-order valence-electron chi connectivity index (χ4n) is 1.91. The van der Waals surface area contributed by atoms with E-state index in [4.69, 9.17) is 10.00 Å². The monoisotopic (exact) mass is 339 g/mol. The van der Waals surface area contributed by atoms with Crippen molar-refractivity contribution in [1.82, 2.24) is 0 Å². The van der Waals surface area contributed by atoms with Crippen LogP contribution in [0.3, 0.4) is 0 Å². The molecule has 0 bridgehead atoms. The average molecular weight is 339 g/mol. The maximum Gasteiger partial charge on any atom is 0.338 e. The minimum atomic E-state index is -1.09. The van der Waals surface area contributed by atoms with Crippen molar-refractivity contribution in [3.8, 4) is 6.07 Å². The van der Waals surface area contributed by atoms with Crippen molar-refractivity contribution in [3.63, 3.8) is 0 Å². The first-order valence-electron chi connectivity index (χ1n) is 7.17. The van der Waals surface area contributed by atoms with Crippen molar-refractivity contribution in [2.45, 2.75) is 13.0 Å². The second-order valence-electron chi connectivity index (χ2n) is 5.03. The highest BCUT2D eigenvalue weighted by Gasteiger charge is 2.19. The first-order chi connectivity index (χ1) is 11.9. The van der Waals surface area contributed by atoms with E-state index in [0.29, 0.717) is 11.3 Å². The molecule has 1 atom stereocenters. The van der Waals surface area contributed by atoms with Crippen molar-refractivity contribution in [2.75, 3.05) is 5.32 Å². The molecule has 0 saturated heterocycles. The highest BCUT2D eigenvalue weighted by molar-refractivity contribution is 5.97. The van der Waals surface area contributed by atoms with E-state index in [1.54, 1.807) is 18.2 Å². The molecule has 0 radical (unpaired) electrons. The lowest BCUT2D eigenvalue weighted by Gasteiger charge is -2.13. The molecule has 126 valence electrons. The van der Waals surface area contributed by atoms with Gasteiger partial charge >= 0.3 is 5.97 Å². The number of nitro benzene ring substituents is 1. The normalized spacial score (nSPS) is 11.0. The third-order valence-electron chi connectivity index (χ3n) is 3.23. The zero-order chi connectivity index (χ0) is 18.4. The second-order valence-corrected chi connectivity index (χ2v) is 5.03. The third-order valence-corrected chi connectivity index (χ3v) is 3.23. The Morgan fingerprint density at radius 1 is 1.24 bits per heavy atom. The van der Waals surface area contributed by atoms with Crippen LogP contribution in [0.4, 0.5) is 11.4 Å². The van der Waals surface area contributed by atoms with Crippen LogP contribution in [0.25, 0.3) is 0 Å². The highest BCUT2D eigenvalue weighted by Crippen LogP contribution is 2.14. The zero-order valence-corrected chi connectivity index (χ0v) is 13.1. The minimum Gasteiger partial charge on any atom is -0.449 e. The lowest BCUT2D eigenvalue weighted by atomic mass is 10.2. The van der Waals surface area contributed by atoms with Crippen LogP contribution in [-0.2, 0) is 9.53 Å². The second kappa shape index (κ2) is 7.70. The lowest BCUT2D eigenvalue weighted by molar-refractivity contribution is -0.384. The number of nitrogens with zero attached hydrogens (tertiary/aromatic N) is 2. The number of esters is 1. The minimum absolute atomic E-state index is 0.0942. The molecule has 0 aliphatic rings. The van der Waals surface area contributed by atoms with Gasteiger partial charge in [-0.2, -0.15) is 5.26 Å². The van der Waals surface area contributed by atoms with Gasteiger partial charge in [0.2, 0.25) is 0 Å². The molecule has 0 heterocycles. The van der Waals surface area contributed by atoms with Gasteiger partial charge in [0.1, 0.15) is 0 Å². The highest BCUT2D eigenvalue weighted by atomic mass is 16.6. The number of carbonyl (C=O) groups excluding carboxylic acids is 2. The Balaban J connectivity index is 1.99. The first kappa shape index (κ1) is 17.6. The first-order valence-corrected chi connectivity index (χ1v) is 7.17. The SMILES string of the molecule is C[C@@H](OC(=O)c1ccc([N+](=O)[O-])cc1)C(=O)Nc1cccc(C#N)c1. The number of nitrogens with one attached hydrogen (secondary N) is 1. The maximum atomic E-state index is 12.1. The van der Waals surface area contributed by atoms with E-state index in [1.165, 1.54) is 37.3 Å². The van der Waals surface area contributed by atoms with Crippen LogP contribution < -0.4 is 5.32 Å². The van der Waals surface area contributed by atoms with E-state index in [1.807, 2.05) is 6.07 Å². The molecule has 0 fully saturated rings. The van der Waals surface area contributed by atoms with Crippen LogP contribution in [0.2, 0.25) is 0 Å². The van der Waals surface area contributed by atoms with Gasteiger partial charge < -0.3 is 10.1 Å². The number of anilines is 1. The van der Waals surface area contributed by atoms with Crippen molar-refractivity contribution in [2.24, 2.45) is 0 Å². The van der Waals surface area contributed by atoms with E-state index >= 15 is 0 Å². The molecule has 0 aliphatic carbocycles. The van der Waals surface area contributed by atoms with Gasteiger partial charge in [-0.15, -0.1) is 0 Å². The van der Waals surface area contributed by atoms with Crippen LogP contribution in [0.15, 0.2) is 48.5 Å². The van der Waals surface area contributed by atoms with Crippen molar-refractivity contribution in [3.05, 3.63) is 69.8 Å². The Bertz CT molecular complexity index is 855. The summed E-state index contributed by atoms with van der Waals surface area (Å²) in [6.07, 6.45) is -1.09. The Morgan fingerprint density at radius 2 is 1.92 bits per heavy atom. The number of rotatable bonds is 5. The summed E-state index contributed by atoms with van der Waals surface area (Å²) in [6, 6.07) is 13.1. The number of amides is 1. The fourth-order valence-corrected chi connectivity index (χ4v) is 1.91. The number of nitro groups is 1. The molecule has 0 unspecified atom stereocenters. The zero-order valence-electron chi connectivity index (χ0n) is 13.1. The van der Waals surface area contributed by atoms with Crippen LogP contribution in [0.5, 0.6) is 0 Å². The molecular formula is C17H13N3O5. The Morgan fingerprint density at radius 3 is 2.52 bits per heavy atom. The smallest absolute Gasteiger partial charge is 0.338 e. The standard InChI is InChI=1S/C17H13N3O5/c1-11(16(21)19-14-4-2-3-12(9-14)10-18)25-17(22)13-5-7-15(8-6-13)20(23)24/h2-9,11H,1H3,(H,19,21)/t11-/m1/s1. The van der Waals surface area contributed by atoms with Crippen LogP contribution in [0.1, 0.15) is 22.8 Å².